The highest BCUT2D eigenvalue weighted by Gasteiger charge is 2.30. The van der Waals surface area contributed by atoms with Crippen molar-refractivity contribution in [2.75, 3.05) is 6.61 Å². The highest BCUT2D eigenvalue weighted by molar-refractivity contribution is 6.29. The molecule has 8 heteroatoms. The minimum atomic E-state index is -4.41. The van der Waals surface area contributed by atoms with Crippen LogP contribution in [0.3, 0.4) is 0 Å². The van der Waals surface area contributed by atoms with Crippen molar-refractivity contribution in [1.29, 1.82) is 0 Å². The third kappa shape index (κ3) is 3.46. The smallest absolute Gasteiger partial charge is 0.351 e. The van der Waals surface area contributed by atoms with Gasteiger partial charge in [0.05, 0.1) is 0 Å². The molecule has 1 aliphatic carbocycles. The summed E-state index contributed by atoms with van der Waals surface area (Å²) in [6.45, 7) is -1.86. The third-order valence-electron chi connectivity index (χ3n) is 2.44. The molecule has 0 amide bonds. The van der Waals surface area contributed by atoms with Gasteiger partial charge in [-0.2, -0.15) is 13.2 Å². The predicted molar refractivity (Wildman–Crippen MR) is 57.5 cm³/mol. The van der Waals surface area contributed by atoms with Crippen molar-refractivity contribution in [3.63, 3.8) is 0 Å². The van der Waals surface area contributed by atoms with Gasteiger partial charge in [-0.05, 0) is 12.8 Å². The predicted octanol–water partition coefficient (Wildman–Crippen LogP) is 2.31. The van der Waals surface area contributed by atoms with Crippen LogP contribution < -0.4 is 5.56 Å². The summed E-state index contributed by atoms with van der Waals surface area (Å²) >= 11 is 5.66. The lowest BCUT2D eigenvalue weighted by Crippen LogP contribution is -2.27. The summed E-state index contributed by atoms with van der Waals surface area (Å²) in [4.78, 5) is 15.6. The topological polar surface area (TPSA) is 44.1 Å². The zero-order chi connectivity index (χ0) is 13.3. The van der Waals surface area contributed by atoms with Crippen molar-refractivity contribution < 1.29 is 17.9 Å². The average molecular weight is 283 g/mol. The normalized spacial score (nSPS) is 16.0. The van der Waals surface area contributed by atoms with E-state index < -0.39 is 25.1 Å². The summed E-state index contributed by atoms with van der Waals surface area (Å²) in [6.07, 6.45) is -2.71. The largest absolute Gasteiger partial charge is 0.411 e. The standard InChI is InChI=1S/C10H10ClF3N2O2/c11-7-3-8(17)16(5-18-4-10(12,13)14)9(15-7)6-1-2-6/h3,6H,1-2,4-5H2. The maximum atomic E-state index is 11.9. The second-order valence-electron chi connectivity index (χ2n) is 4.07. The Morgan fingerprint density at radius 3 is 2.72 bits per heavy atom. The average Bonchev–Trinajstić information content (AvgIpc) is 3.02. The Labute approximate surface area is 105 Å². The number of ether oxygens (including phenoxy) is 1. The zero-order valence-corrected chi connectivity index (χ0v) is 9.96. The molecule has 1 aliphatic rings. The fourth-order valence-corrected chi connectivity index (χ4v) is 1.71. The molecule has 18 heavy (non-hydrogen) atoms. The van der Waals surface area contributed by atoms with E-state index in [-0.39, 0.29) is 11.1 Å². The van der Waals surface area contributed by atoms with Gasteiger partial charge in [-0.25, -0.2) is 4.98 Å². The van der Waals surface area contributed by atoms with Crippen LogP contribution >= 0.6 is 11.6 Å². The van der Waals surface area contributed by atoms with Crippen molar-refractivity contribution in [1.82, 2.24) is 9.55 Å². The lowest BCUT2D eigenvalue weighted by atomic mass is 10.4. The fraction of sp³-hybridized carbons (Fsp3) is 0.600. The molecule has 1 aromatic heterocycles. The summed E-state index contributed by atoms with van der Waals surface area (Å²) < 4.78 is 41.4. The van der Waals surface area contributed by atoms with E-state index in [1.807, 2.05) is 0 Å². The molecule has 0 unspecified atom stereocenters. The lowest BCUT2D eigenvalue weighted by Gasteiger charge is -2.13. The first kappa shape index (κ1) is 13.4. The molecule has 1 fully saturated rings. The Balaban J connectivity index is 2.14. The van der Waals surface area contributed by atoms with Crippen LogP contribution in [-0.2, 0) is 11.5 Å². The minimum Gasteiger partial charge on any atom is -0.351 e. The highest BCUT2D eigenvalue weighted by Crippen LogP contribution is 2.38. The molecular weight excluding hydrogens is 273 g/mol. The van der Waals surface area contributed by atoms with Gasteiger partial charge in [0, 0.05) is 12.0 Å². The van der Waals surface area contributed by atoms with Gasteiger partial charge in [0.25, 0.3) is 5.56 Å². The molecule has 1 saturated carbocycles. The number of rotatable bonds is 4. The first-order valence-corrected chi connectivity index (χ1v) is 5.66. The van der Waals surface area contributed by atoms with E-state index in [2.05, 4.69) is 9.72 Å². The summed E-state index contributed by atoms with van der Waals surface area (Å²) in [5.41, 5.74) is -0.501. The molecule has 0 spiro atoms. The SMILES string of the molecule is O=c1cc(Cl)nc(C2CC2)n1COCC(F)(F)F. The van der Waals surface area contributed by atoms with Gasteiger partial charge in [-0.15, -0.1) is 0 Å². The van der Waals surface area contributed by atoms with Crippen LogP contribution in [-0.4, -0.2) is 22.3 Å². The van der Waals surface area contributed by atoms with Gasteiger partial charge in [-0.3, -0.25) is 9.36 Å². The lowest BCUT2D eigenvalue weighted by molar-refractivity contribution is -0.182. The van der Waals surface area contributed by atoms with Crippen molar-refractivity contribution in [2.45, 2.75) is 31.7 Å². The number of hydrogen-bond donors (Lipinski definition) is 0. The zero-order valence-electron chi connectivity index (χ0n) is 9.21. The van der Waals surface area contributed by atoms with E-state index in [1.54, 1.807) is 0 Å². The van der Waals surface area contributed by atoms with Crippen molar-refractivity contribution >= 4 is 11.6 Å². The van der Waals surface area contributed by atoms with Gasteiger partial charge in [0.2, 0.25) is 0 Å². The third-order valence-corrected chi connectivity index (χ3v) is 2.63. The number of hydrogen-bond acceptors (Lipinski definition) is 3. The van der Waals surface area contributed by atoms with E-state index in [1.165, 1.54) is 0 Å². The van der Waals surface area contributed by atoms with Crippen LogP contribution in [0.5, 0.6) is 0 Å². The number of alkyl halides is 3. The molecule has 0 bridgehead atoms. The maximum absolute atomic E-state index is 11.9. The first-order valence-electron chi connectivity index (χ1n) is 5.28. The monoisotopic (exact) mass is 282 g/mol. The van der Waals surface area contributed by atoms with Gasteiger partial charge in [-0.1, -0.05) is 11.6 Å². The highest BCUT2D eigenvalue weighted by atomic mass is 35.5. The summed E-state index contributed by atoms with van der Waals surface area (Å²) in [5.74, 6) is 0.487. The van der Waals surface area contributed by atoms with Crippen LogP contribution in [0.25, 0.3) is 0 Å². The molecule has 100 valence electrons. The quantitative estimate of drug-likeness (QED) is 0.796. The van der Waals surface area contributed by atoms with Gasteiger partial charge in [0.1, 0.15) is 24.3 Å². The molecule has 0 N–H and O–H groups in total. The Kier molecular flexibility index (Phi) is 3.63. The number of halogens is 4. The van der Waals surface area contributed by atoms with E-state index in [4.69, 9.17) is 11.6 Å². The Morgan fingerprint density at radius 2 is 2.17 bits per heavy atom. The maximum Gasteiger partial charge on any atom is 0.411 e. The molecule has 0 aromatic carbocycles. The molecule has 2 rings (SSSR count). The second-order valence-corrected chi connectivity index (χ2v) is 4.46. The summed E-state index contributed by atoms with van der Waals surface area (Å²) in [6, 6.07) is 1.06. The molecular formula is C10H10ClF3N2O2. The van der Waals surface area contributed by atoms with E-state index in [0.717, 1.165) is 23.5 Å². The molecule has 4 nitrogen and oxygen atoms in total. The van der Waals surface area contributed by atoms with Crippen LogP contribution in [0.2, 0.25) is 5.15 Å². The molecule has 1 aromatic rings. The summed E-state index contributed by atoms with van der Waals surface area (Å²) in [7, 11) is 0. The van der Waals surface area contributed by atoms with Crippen LogP contribution in [0.4, 0.5) is 13.2 Å². The Bertz CT molecular complexity index is 497. The fourth-order valence-electron chi connectivity index (χ4n) is 1.53. The van der Waals surface area contributed by atoms with Crippen molar-refractivity contribution in [2.24, 2.45) is 0 Å². The summed E-state index contributed by atoms with van der Waals surface area (Å²) in [5, 5.41) is 0.0500. The Hall–Kier alpha value is -1.08. The molecule has 0 radical (unpaired) electrons. The van der Waals surface area contributed by atoms with E-state index in [9.17, 15) is 18.0 Å². The second kappa shape index (κ2) is 4.89. The number of aromatic nitrogens is 2. The molecule has 0 saturated heterocycles. The van der Waals surface area contributed by atoms with E-state index >= 15 is 0 Å². The van der Waals surface area contributed by atoms with Crippen LogP contribution in [0.1, 0.15) is 24.6 Å². The Morgan fingerprint density at radius 1 is 1.50 bits per heavy atom. The first-order chi connectivity index (χ1) is 8.37. The van der Waals surface area contributed by atoms with Crippen molar-refractivity contribution in [3.8, 4) is 0 Å². The molecule has 0 aliphatic heterocycles. The van der Waals surface area contributed by atoms with Crippen LogP contribution in [0.15, 0.2) is 10.9 Å². The molecule has 1 heterocycles. The van der Waals surface area contributed by atoms with Gasteiger partial charge < -0.3 is 4.74 Å². The van der Waals surface area contributed by atoms with E-state index in [0.29, 0.717) is 5.82 Å². The van der Waals surface area contributed by atoms with Gasteiger partial charge in [0.15, 0.2) is 0 Å². The molecule has 0 atom stereocenters. The van der Waals surface area contributed by atoms with Crippen molar-refractivity contribution in [3.05, 3.63) is 27.4 Å². The number of nitrogens with zero attached hydrogens (tertiary/aromatic N) is 2. The van der Waals surface area contributed by atoms with Gasteiger partial charge >= 0.3 is 6.18 Å². The van der Waals surface area contributed by atoms with Crippen LogP contribution in [0, 0.1) is 0 Å². The minimum absolute atomic E-state index is 0.0500.